The monoisotopic (exact) mass is 437 g/mol. The summed E-state index contributed by atoms with van der Waals surface area (Å²) in [5, 5.41) is 19.6. The molecule has 0 aliphatic rings. The van der Waals surface area contributed by atoms with Gasteiger partial charge in [0.2, 0.25) is 0 Å². The smallest absolute Gasteiger partial charge is 0.469 e. The van der Waals surface area contributed by atoms with Crippen molar-refractivity contribution >= 4 is 31.0 Å². The summed E-state index contributed by atoms with van der Waals surface area (Å²) in [5.74, 6) is -2.31. The quantitative estimate of drug-likeness (QED) is 0.166. The van der Waals surface area contributed by atoms with E-state index >= 15 is 0 Å². The van der Waals surface area contributed by atoms with Gasteiger partial charge < -0.3 is 25.7 Å². The summed E-state index contributed by atoms with van der Waals surface area (Å²) in [4.78, 5) is 49.5. The number of aromatic hydroxyl groups is 1. The van der Waals surface area contributed by atoms with Crippen molar-refractivity contribution in [3.8, 4) is 5.75 Å². The number of ketones is 1. The number of anilines is 1. The molecule has 0 spiro atoms. The second kappa shape index (κ2) is 9.59. The summed E-state index contributed by atoms with van der Waals surface area (Å²) in [6, 6.07) is 6.20. The molecular weight excluding hydrogens is 417 g/mol. The Morgan fingerprint density at radius 2 is 1.93 bits per heavy atom. The lowest BCUT2D eigenvalue weighted by Gasteiger charge is -2.12. The average Bonchev–Trinajstić information content (AvgIpc) is 2.66. The van der Waals surface area contributed by atoms with Gasteiger partial charge in [-0.3, -0.25) is 19.3 Å². The van der Waals surface area contributed by atoms with E-state index in [2.05, 4.69) is 14.5 Å². The summed E-state index contributed by atoms with van der Waals surface area (Å²) in [5.41, 5.74) is 6.00. The fourth-order valence-corrected chi connectivity index (χ4v) is 2.82. The molecule has 11 nitrogen and oxygen atoms in total. The van der Waals surface area contributed by atoms with Crippen molar-refractivity contribution in [2.45, 2.75) is 26.5 Å². The first-order valence-corrected chi connectivity index (χ1v) is 10.0. The van der Waals surface area contributed by atoms with Gasteiger partial charge >= 0.3 is 13.8 Å². The van der Waals surface area contributed by atoms with Crippen molar-refractivity contribution in [1.29, 1.82) is 0 Å². The fourth-order valence-electron chi connectivity index (χ4n) is 2.51. The van der Waals surface area contributed by atoms with Crippen molar-refractivity contribution in [1.82, 2.24) is 4.98 Å². The van der Waals surface area contributed by atoms with Crippen LogP contribution < -0.4 is 5.73 Å². The molecule has 12 heteroatoms. The number of hydrogen-bond donors (Lipinski definition) is 5. The molecule has 0 fully saturated rings. The molecule has 6 N–H and O–H groups in total. The third kappa shape index (κ3) is 6.19. The zero-order chi connectivity index (χ0) is 22.5. The van der Waals surface area contributed by atoms with Gasteiger partial charge in [0, 0.05) is 28.6 Å². The Labute approximate surface area is 171 Å². The largest absolute Gasteiger partial charge is 0.506 e. The number of carbonyl (C=O) groups is 2. The van der Waals surface area contributed by atoms with Gasteiger partial charge in [0.05, 0.1) is 25.3 Å². The van der Waals surface area contributed by atoms with Gasteiger partial charge in [-0.15, -0.1) is 0 Å². The summed E-state index contributed by atoms with van der Waals surface area (Å²) < 4.78 is 15.4. The van der Waals surface area contributed by atoms with Gasteiger partial charge in [0.25, 0.3) is 0 Å². The number of aromatic nitrogens is 1. The minimum Gasteiger partial charge on any atom is -0.506 e. The van der Waals surface area contributed by atoms with E-state index in [4.69, 9.17) is 15.5 Å². The predicted octanol–water partition coefficient (Wildman–Crippen LogP) is 1.59. The second-order valence-electron chi connectivity index (χ2n) is 6.22. The summed E-state index contributed by atoms with van der Waals surface area (Å²) in [6.07, 6.45) is 0.689. The average molecular weight is 437 g/mol. The van der Waals surface area contributed by atoms with Crippen molar-refractivity contribution < 1.29 is 38.7 Å². The van der Waals surface area contributed by atoms with Gasteiger partial charge in [-0.25, -0.2) is 9.36 Å². The summed E-state index contributed by atoms with van der Waals surface area (Å²) in [6.45, 7) is 0.516. The highest BCUT2D eigenvalue weighted by molar-refractivity contribution is 7.46. The second-order valence-corrected chi connectivity index (χ2v) is 7.45. The Morgan fingerprint density at radius 3 is 2.53 bits per heavy atom. The molecule has 2 rings (SSSR count). The number of aryl methyl sites for hydroxylation is 1. The standard InChI is InChI=1S/C18H20N3O8P/c1-10-17(23)13(11(7-20-10)9-29-30(26,27)28)8-21-15(18(24)25)6-16(22)12-4-2-3-5-14(12)19/h2-5,7,23H,6,8-9,19H2,1H3,(H,24,25)(H2,26,27,28). The van der Waals surface area contributed by atoms with Crippen LogP contribution in [-0.2, 0) is 27.0 Å². The Hall–Kier alpha value is -3.11. The first-order valence-electron chi connectivity index (χ1n) is 8.50. The Balaban J connectivity index is 2.31. The number of para-hydroxylation sites is 1. The number of aliphatic imine (C=N–C) groups is 1. The number of aliphatic carboxylic acids is 1. The van der Waals surface area contributed by atoms with Crippen LogP contribution in [-0.4, -0.2) is 42.4 Å². The number of nitrogens with zero attached hydrogens (tertiary/aromatic N) is 2. The molecule has 0 aliphatic carbocycles. The van der Waals surface area contributed by atoms with Crippen LogP contribution >= 0.6 is 7.82 Å². The Kier molecular flexibility index (Phi) is 7.41. The number of pyridine rings is 1. The highest BCUT2D eigenvalue weighted by atomic mass is 31.2. The number of carboxylic acids is 1. The van der Waals surface area contributed by atoms with Crippen molar-refractivity contribution in [3.05, 3.63) is 52.8 Å². The minimum atomic E-state index is -4.79. The van der Waals surface area contributed by atoms with Gasteiger partial charge in [-0.2, -0.15) is 0 Å². The van der Waals surface area contributed by atoms with Crippen LogP contribution in [0.2, 0.25) is 0 Å². The normalized spacial score (nSPS) is 12.0. The Morgan fingerprint density at radius 1 is 1.27 bits per heavy atom. The lowest BCUT2D eigenvalue weighted by molar-refractivity contribution is -0.129. The third-order valence-corrected chi connectivity index (χ3v) is 4.55. The van der Waals surface area contributed by atoms with Gasteiger partial charge in [0.1, 0.15) is 11.5 Å². The number of Topliss-reactive ketones (excluding diaryl/α,β-unsaturated/α-hetero) is 1. The molecule has 0 aliphatic heterocycles. The van der Waals surface area contributed by atoms with Crippen molar-refractivity contribution in [2.75, 3.05) is 5.73 Å². The highest BCUT2D eigenvalue weighted by Crippen LogP contribution is 2.38. The van der Waals surface area contributed by atoms with Gasteiger partial charge in [-0.05, 0) is 19.1 Å². The molecule has 0 radical (unpaired) electrons. The van der Waals surface area contributed by atoms with Crippen LogP contribution in [0.1, 0.15) is 33.6 Å². The SMILES string of the molecule is Cc1ncc(COP(=O)(O)O)c(CN=C(CC(=O)c2ccccc2N)C(=O)O)c1O. The molecule has 2 aromatic rings. The lowest BCUT2D eigenvalue weighted by atomic mass is 10.0. The first-order chi connectivity index (χ1) is 14.0. The van der Waals surface area contributed by atoms with E-state index < -0.39 is 38.3 Å². The molecule has 1 aromatic carbocycles. The minimum absolute atomic E-state index is 0.0707. The number of hydrogen-bond acceptors (Lipinski definition) is 8. The number of rotatable bonds is 9. The van der Waals surface area contributed by atoms with E-state index in [1.165, 1.54) is 25.3 Å². The van der Waals surface area contributed by atoms with E-state index in [9.17, 15) is 24.4 Å². The van der Waals surface area contributed by atoms with E-state index in [1.54, 1.807) is 12.1 Å². The first kappa shape index (κ1) is 23.2. The molecule has 160 valence electrons. The van der Waals surface area contributed by atoms with Crippen LogP contribution in [0.4, 0.5) is 5.69 Å². The van der Waals surface area contributed by atoms with E-state index in [0.29, 0.717) is 0 Å². The van der Waals surface area contributed by atoms with Crippen LogP contribution in [0.15, 0.2) is 35.5 Å². The molecule has 0 bridgehead atoms. The molecular formula is C18H20N3O8P. The maximum atomic E-state index is 12.4. The zero-order valence-electron chi connectivity index (χ0n) is 15.8. The van der Waals surface area contributed by atoms with Crippen molar-refractivity contribution in [3.63, 3.8) is 0 Å². The number of nitrogens with two attached hydrogens (primary N) is 1. The van der Waals surface area contributed by atoms with Crippen molar-refractivity contribution in [2.24, 2.45) is 4.99 Å². The molecule has 0 amide bonds. The topological polar surface area (TPSA) is 193 Å². The number of phosphoric acid groups is 1. The van der Waals surface area contributed by atoms with Crippen LogP contribution in [0.5, 0.6) is 5.75 Å². The maximum Gasteiger partial charge on any atom is 0.469 e. The predicted molar refractivity (Wildman–Crippen MR) is 106 cm³/mol. The number of carbonyl (C=O) groups excluding carboxylic acids is 1. The highest BCUT2D eigenvalue weighted by Gasteiger charge is 2.20. The molecule has 30 heavy (non-hydrogen) atoms. The van der Waals surface area contributed by atoms with Crippen LogP contribution in [0.3, 0.4) is 0 Å². The van der Waals surface area contributed by atoms with E-state index in [-0.39, 0.29) is 40.4 Å². The molecule has 0 atom stereocenters. The molecule has 1 aromatic heterocycles. The molecule has 0 saturated heterocycles. The lowest BCUT2D eigenvalue weighted by Crippen LogP contribution is -2.19. The number of benzene rings is 1. The third-order valence-electron chi connectivity index (χ3n) is 4.08. The number of carboxylic acid groups (broad SMARTS) is 1. The van der Waals surface area contributed by atoms with Gasteiger partial charge in [0.15, 0.2) is 5.78 Å². The molecule has 0 unspecified atom stereocenters. The number of phosphoric ester groups is 1. The van der Waals surface area contributed by atoms with Crippen LogP contribution in [0, 0.1) is 6.92 Å². The Bertz CT molecular complexity index is 1050. The zero-order valence-corrected chi connectivity index (χ0v) is 16.7. The molecule has 1 heterocycles. The van der Waals surface area contributed by atoms with E-state index in [1.807, 2.05) is 0 Å². The summed E-state index contributed by atoms with van der Waals surface area (Å²) >= 11 is 0. The maximum absolute atomic E-state index is 12.4. The van der Waals surface area contributed by atoms with Crippen LogP contribution in [0.25, 0.3) is 0 Å². The summed E-state index contributed by atoms with van der Waals surface area (Å²) in [7, 11) is -4.79. The van der Waals surface area contributed by atoms with E-state index in [0.717, 1.165) is 0 Å². The molecule has 0 saturated carbocycles. The fraction of sp³-hybridized carbons (Fsp3) is 0.222. The number of nitrogen functional groups attached to an aromatic ring is 1. The van der Waals surface area contributed by atoms with Gasteiger partial charge in [-0.1, -0.05) is 12.1 Å².